The van der Waals surface area contributed by atoms with Crippen molar-refractivity contribution < 1.29 is 9.53 Å². The zero-order valence-electron chi connectivity index (χ0n) is 18.3. The summed E-state index contributed by atoms with van der Waals surface area (Å²) in [6.07, 6.45) is 14.7. The predicted octanol–water partition coefficient (Wildman–Crippen LogP) is 6.78. The molecule has 0 aliphatic rings. The summed E-state index contributed by atoms with van der Waals surface area (Å²) in [6.45, 7) is 6.68. The molecule has 0 saturated carbocycles. The van der Waals surface area contributed by atoms with Crippen LogP contribution in [0.4, 0.5) is 0 Å². The molecule has 0 amide bonds. The summed E-state index contributed by atoms with van der Waals surface area (Å²) in [4.78, 5) is 21.0. The van der Waals surface area contributed by atoms with E-state index in [1.54, 1.807) is 0 Å². The summed E-state index contributed by atoms with van der Waals surface area (Å²) < 4.78 is 5.44. The zero-order valence-corrected chi connectivity index (χ0v) is 18.3. The van der Waals surface area contributed by atoms with E-state index in [1.807, 2.05) is 36.7 Å². The fourth-order valence-corrected chi connectivity index (χ4v) is 3.21. The summed E-state index contributed by atoms with van der Waals surface area (Å²) >= 11 is 0. The van der Waals surface area contributed by atoms with Gasteiger partial charge >= 0.3 is 5.97 Å². The quantitative estimate of drug-likeness (QED) is 0.213. The Morgan fingerprint density at radius 2 is 1.69 bits per heavy atom. The van der Waals surface area contributed by atoms with Gasteiger partial charge in [-0.25, -0.2) is 9.97 Å². The smallest absolute Gasteiger partial charge is 0.311 e. The third kappa shape index (κ3) is 8.76. The summed E-state index contributed by atoms with van der Waals surface area (Å²) in [5.74, 6) is 1.85. The number of carbonyl (C=O) groups is 1. The van der Waals surface area contributed by atoms with Crippen LogP contribution < -0.4 is 4.74 Å². The summed E-state index contributed by atoms with van der Waals surface area (Å²) in [7, 11) is 0. The molecular weight excluding hydrogens is 360 g/mol. The number of unbranched alkanes of at least 4 members (excludes halogenated alkanes) is 4. The van der Waals surface area contributed by atoms with Crippen molar-refractivity contribution in [3.63, 3.8) is 0 Å². The maximum atomic E-state index is 12.0. The van der Waals surface area contributed by atoms with E-state index >= 15 is 0 Å². The maximum absolute atomic E-state index is 12.0. The average molecular weight is 397 g/mol. The second-order valence-corrected chi connectivity index (χ2v) is 7.98. The van der Waals surface area contributed by atoms with Gasteiger partial charge in [-0.1, -0.05) is 59.3 Å². The summed E-state index contributed by atoms with van der Waals surface area (Å²) in [5, 5.41) is 0. The van der Waals surface area contributed by atoms with Gasteiger partial charge in [-0.2, -0.15) is 0 Å². The minimum atomic E-state index is -0.162. The van der Waals surface area contributed by atoms with Crippen molar-refractivity contribution in [1.82, 2.24) is 9.97 Å². The van der Waals surface area contributed by atoms with Gasteiger partial charge in [-0.3, -0.25) is 4.79 Å². The van der Waals surface area contributed by atoms with E-state index in [-0.39, 0.29) is 5.97 Å². The van der Waals surface area contributed by atoms with E-state index in [1.165, 1.54) is 44.1 Å². The Kier molecular flexibility index (Phi) is 10.4. The lowest BCUT2D eigenvalue weighted by Crippen LogP contribution is -2.07. The molecule has 0 saturated heterocycles. The van der Waals surface area contributed by atoms with Crippen LogP contribution in [0.15, 0.2) is 36.7 Å². The van der Waals surface area contributed by atoms with E-state index in [4.69, 9.17) is 4.74 Å². The molecule has 0 fully saturated rings. The molecule has 0 N–H and O–H groups in total. The van der Waals surface area contributed by atoms with E-state index in [0.717, 1.165) is 30.7 Å². The molecule has 4 heteroatoms. The van der Waals surface area contributed by atoms with Crippen LogP contribution in [0.3, 0.4) is 0 Å². The Morgan fingerprint density at radius 3 is 2.34 bits per heavy atom. The van der Waals surface area contributed by atoms with Crippen LogP contribution in [0.25, 0.3) is 11.4 Å². The molecular formula is C25H36N2O2. The normalized spacial score (nSPS) is 12.0. The molecule has 0 spiro atoms. The van der Waals surface area contributed by atoms with Gasteiger partial charge in [-0.05, 0) is 55.0 Å². The first kappa shape index (κ1) is 23.1. The van der Waals surface area contributed by atoms with Gasteiger partial charge in [0.2, 0.25) is 0 Å². The van der Waals surface area contributed by atoms with Crippen molar-refractivity contribution in [3.05, 3.63) is 42.2 Å². The van der Waals surface area contributed by atoms with Gasteiger partial charge < -0.3 is 4.74 Å². The van der Waals surface area contributed by atoms with Crippen LogP contribution in [-0.2, 0) is 11.2 Å². The SMILES string of the molecule is CCCCCCc1cnc(-c2ccc(OC(=O)CCCCC(C)CC)cc2)nc1. The van der Waals surface area contributed by atoms with Crippen molar-refractivity contribution in [2.45, 2.75) is 85.0 Å². The molecule has 1 atom stereocenters. The van der Waals surface area contributed by atoms with E-state index in [0.29, 0.717) is 18.0 Å². The molecule has 4 nitrogen and oxygen atoms in total. The van der Waals surface area contributed by atoms with Gasteiger partial charge in [0.15, 0.2) is 5.82 Å². The van der Waals surface area contributed by atoms with Crippen LogP contribution in [0.1, 0.15) is 84.1 Å². The highest BCUT2D eigenvalue weighted by Gasteiger charge is 2.07. The number of benzene rings is 1. The van der Waals surface area contributed by atoms with Crippen LogP contribution in [0.5, 0.6) is 5.75 Å². The fraction of sp³-hybridized carbons (Fsp3) is 0.560. The number of aryl methyl sites for hydroxylation is 1. The van der Waals surface area contributed by atoms with Crippen molar-refractivity contribution in [2.75, 3.05) is 0 Å². The highest BCUT2D eigenvalue weighted by Crippen LogP contribution is 2.20. The van der Waals surface area contributed by atoms with Crippen molar-refractivity contribution >= 4 is 5.97 Å². The molecule has 2 aromatic rings. The first-order valence-corrected chi connectivity index (χ1v) is 11.2. The van der Waals surface area contributed by atoms with Gasteiger partial charge in [0, 0.05) is 24.4 Å². The topological polar surface area (TPSA) is 52.1 Å². The van der Waals surface area contributed by atoms with Crippen LogP contribution >= 0.6 is 0 Å². The largest absolute Gasteiger partial charge is 0.427 e. The molecule has 0 aliphatic heterocycles. The first-order valence-electron chi connectivity index (χ1n) is 11.2. The Morgan fingerprint density at radius 1 is 0.966 bits per heavy atom. The number of carbonyl (C=O) groups excluding carboxylic acids is 1. The highest BCUT2D eigenvalue weighted by atomic mass is 16.5. The maximum Gasteiger partial charge on any atom is 0.311 e. The Hall–Kier alpha value is -2.23. The zero-order chi connectivity index (χ0) is 20.9. The lowest BCUT2D eigenvalue weighted by Gasteiger charge is -2.08. The molecule has 1 unspecified atom stereocenters. The third-order valence-electron chi connectivity index (χ3n) is 5.39. The molecule has 0 aliphatic carbocycles. The highest BCUT2D eigenvalue weighted by molar-refractivity contribution is 5.72. The monoisotopic (exact) mass is 396 g/mol. The lowest BCUT2D eigenvalue weighted by molar-refractivity contribution is -0.134. The second-order valence-electron chi connectivity index (χ2n) is 7.98. The molecule has 1 heterocycles. The summed E-state index contributed by atoms with van der Waals surface area (Å²) in [6, 6.07) is 7.44. The Labute approximate surface area is 176 Å². The number of nitrogens with zero attached hydrogens (tertiary/aromatic N) is 2. The van der Waals surface area contributed by atoms with Gasteiger partial charge in [0.05, 0.1) is 0 Å². The standard InChI is InChI=1S/C25H36N2O2/c1-4-6-7-8-12-21-18-26-25(27-19-21)22-14-16-23(17-15-22)29-24(28)13-10-9-11-20(3)5-2/h14-20H,4-13H2,1-3H3. The first-order chi connectivity index (χ1) is 14.1. The van der Waals surface area contributed by atoms with Gasteiger partial charge in [0.1, 0.15) is 5.75 Å². The number of rotatable bonds is 13. The minimum absolute atomic E-state index is 0.162. The predicted molar refractivity (Wildman–Crippen MR) is 119 cm³/mol. The van der Waals surface area contributed by atoms with Gasteiger partial charge in [0.25, 0.3) is 0 Å². The molecule has 158 valence electrons. The van der Waals surface area contributed by atoms with E-state index < -0.39 is 0 Å². The Balaban J connectivity index is 1.78. The number of hydrogen-bond donors (Lipinski definition) is 0. The molecule has 0 bridgehead atoms. The molecule has 1 aromatic heterocycles. The van der Waals surface area contributed by atoms with Crippen molar-refractivity contribution in [3.8, 4) is 17.1 Å². The fourth-order valence-electron chi connectivity index (χ4n) is 3.21. The Bertz CT molecular complexity index is 711. The molecule has 1 aromatic carbocycles. The van der Waals surface area contributed by atoms with Gasteiger partial charge in [-0.15, -0.1) is 0 Å². The van der Waals surface area contributed by atoms with Crippen LogP contribution in [0.2, 0.25) is 0 Å². The summed E-state index contributed by atoms with van der Waals surface area (Å²) in [5.41, 5.74) is 2.11. The van der Waals surface area contributed by atoms with Crippen molar-refractivity contribution in [2.24, 2.45) is 5.92 Å². The second kappa shape index (κ2) is 13.1. The molecule has 2 rings (SSSR count). The number of ether oxygens (including phenoxy) is 1. The van der Waals surface area contributed by atoms with E-state index in [2.05, 4.69) is 30.7 Å². The van der Waals surface area contributed by atoms with E-state index in [9.17, 15) is 4.79 Å². The van der Waals surface area contributed by atoms with Crippen LogP contribution in [0, 0.1) is 5.92 Å². The third-order valence-corrected chi connectivity index (χ3v) is 5.39. The molecule has 29 heavy (non-hydrogen) atoms. The average Bonchev–Trinajstić information content (AvgIpc) is 2.75. The number of esters is 1. The molecule has 0 radical (unpaired) electrons. The number of hydrogen-bond acceptors (Lipinski definition) is 4. The van der Waals surface area contributed by atoms with Crippen molar-refractivity contribution in [1.29, 1.82) is 0 Å². The minimum Gasteiger partial charge on any atom is -0.427 e. The number of aromatic nitrogens is 2. The van der Waals surface area contributed by atoms with Crippen LogP contribution in [-0.4, -0.2) is 15.9 Å². The lowest BCUT2D eigenvalue weighted by atomic mass is 10.0.